The van der Waals surface area contributed by atoms with E-state index < -0.39 is 0 Å². The summed E-state index contributed by atoms with van der Waals surface area (Å²) in [4.78, 5) is 18.4. The predicted molar refractivity (Wildman–Crippen MR) is 87.0 cm³/mol. The number of anilines is 1. The van der Waals surface area contributed by atoms with E-state index in [1.165, 1.54) is 5.56 Å². The van der Waals surface area contributed by atoms with Crippen LogP contribution in [0.5, 0.6) is 0 Å². The molecule has 1 aliphatic rings. The maximum Gasteiger partial charge on any atom is 0.251 e. The molecule has 0 spiro atoms. The molecule has 3 rings (SSSR count). The molecule has 0 saturated carbocycles. The zero-order valence-corrected chi connectivity index (χ0v) is 12.6. The SMILES string of the molecule is CNC(=O)c1ccnc(N2CCNC(c3ccccc3)C2)c1. The molecule has 0 radical (unpaired) electrons. The summed E-state index contributed by atoms with van der Waals surface area (Å²) < 4.78 is 0. The van der Waals surface area contributed by atoms with Crippen molar-refractivity contribution >= 4 is 11.7 Å². The van der Waals surface area contributed by atoms with E-state index in [4.69, 9.17) is 0 Å². The van der Waals surface area contributed by atoms with E-state index in [-0.39, 0.29) is 11.9 Å². The van der Waals surface area contributed by atoms with Gasteiger partial charge in [-0.05, 0) is 17.7 Å². The molecule has 1 saturated heterocycles. The minimum Gasteiger partial charge on any atom is -0.355 e. The van der Waals surface area contributed by atoms with Crippen molar-refractivity contribution in [2.75, 3.05) is 31.6 Å². The smallest absolute Gasteiger partial charge is 0.251 e. The molecule has 22 heavy (non-hydrogen) atoms. The molecule has 1 aromatic heterocycles. The van der Waals surface area contributed by atoms with Gasteiger partial charge in [-0.2, -0.15) is 0 Å². The number of pyridine rings is 1. The number of carbonyl (C=O) groups excluding carboxylic acids is 1. The van der Waals surface area contributed by atoms with Crippen LogP contribution >= 0.6 is 0 Å². The predicted octanol–water partition coefficient (Wildman–Crippen LogP) is 1.59. The first-order chi connectivity index (χ1) is 10.8. The minimum absolute atomic E-state index is 0.0848. The van der Waals surface area contributed by atoms with Gasteiger partial charge >= 0.3 is 0 Å². The Morgan fingerprint density at radius 3 is 2.91 bits per heavy atom. The number of rotatable bonds is 3. The van der Waals surface area contributed by atoms with Gasteiger partial charge in [-0.15, -0.1) is 0 Å². The largest absolute Gasteiger partial charge is 0.355 e. The molecule has 5 heteroatoms. The quantitative estimate of drug-likeness (QED) is 0.903. The molecule has 1 aliphatic heterocycles. The highest BCUT2D eigenvalue weighted by Gasteiger charge is 2.22. The van der Waals surface area contributed by atoms with Crippen LogP contribution in [0.2, 0.25) is 0 Å². The summed E-state index contributed by atoms with van der Waals surface area (Å²) in [6.07, 6.45) is 1.69. The van der Waals surface area contributed by atoms with Crippen molar-refractivity contribution in [2.45, 2.75) is 6.04 Å². The maximum absolute atomic E-state index is 11.8. The Hall–Kier alpha value is -2.40. The van der Waals surface area contributed by atoms with Crippen LogP contribution in [0.1, 0.15) is 22.0 Å². The van der Waals surface area contributed by atoms with Crippen LogP contribution in [-0.2, 0) is 0 Å². The monoisotopic (exact) mass is 296 g/mol. The highest BCUT2D eigenvalue weighted by molar-refractivity contribution is 5.94. The second-order valence-electron chi connectivity index (χ2n) is 5.35. The highest BCUT2D eigenvalue weighted by atomic mass is 16.1. The Labute approximate surface area is 130 Å². The third kappa shape index (κ3) is 3.09. The van der Waals surface area contributed by atoms with Crippen LogP contribution in [0.15, 0.2) is 48.7 Å². The molecule has 0 bridgehead atoms. The van der Waals surface area contributed by atoms with Gasteiger partial charge in [0.1, 0.15) is 5.82 Å². The number of amides is 1. The fourth-order valence-corrected chi connectivity index (χ4v) is 2.74. The Bertz CT molecular complexity index is 644. The van der Waals surface area contributed by atoms with Crippen molar-refractivity contribution in [1.29, 1.82) is 0 Å². The third-order valence-corrected chi connectivity index (χ3v) is 3.94. The van der Waals surface area contributed by atoms with Gasteiger partial charge < -0.3 is 15.5 Å². The number of piperazine rings is 1. The first-order valence-corrected chi connectivity index (χ1v) is 7.49. The highest BCUT2D eigenvalue weighted by Crippen LogP contribution is 2.21. The van der Waals surface area contributed by atoms with E-state index >= 15 is 0 Å². The second-order valence-corrected chi connectivity index (χ2v) is 5.35. The molecule has 1 unspecified atom stereocenters. The number of hydrogen-bond acceptors (Lipinski definition) is 4. The van der Waals surface area contributed by atoms with Crippen molar-refractivity contribution in [2.24, 2.45) is 0 Å². The Morgan fingerprint density at radius 2 is 2.14 bits per heavy atom. The topological polar surface area (TPSA) is 57.3 Å². The van der Waals surface area contributed by atoms with Crippen LogP contribution in [0, 0.1) is 0 Å². The van der Waals surface area contributed by atoms with Gasteiger partial charge in [-0.1, -0.05) is 30.3 Å². The van der Waals surface area contributed by atoms with Gasteiger partial charge in [-0.3, -0.25) is 4.79 Å². The second kappa shape index (κ2) is 6.58. The van der Waals surface area contributed by atoms with Crippen molar-refractivity contribution in [3.05, 3.63) is 59.8 Å². The molecule has 1 fully saturated rings. The van der Waals surface area contributed by atoms with E-state index in [2.05, 4.69) is 44.8 Å². The van der Waals surface area contributed by atoms with Crippen molar-refractivity contribution < 1.29 is 4.79 Å². The summed E-state index contributed by atoms with van der Waals surface area (Å²) in [6, 6.07) is 14.3. The van der Waals surface area contributed by atoms with Crippen molar-refractivity contribution in [3.63, 3.8) is 0 Å². The van der Waals surface area contributed by atoms with E-state index in [0.717, 1.165) is 25.5 Å². The number of benzene rings is 1. The van der Waals surface area contributed by atoms with Crippen molar-refractivity contribution in [1.82, 2.24) is 15.6 Å². The first-order valence-electron chi connectivity index (χ1n) is 7.49. The lowest BCUT2D eigenvalue weighted by Gasteiger charge is -2.34. The lowest BCUT2D eigenvalue weighted by Crippen LogP contribution is -2.46. The molecule has 2 aromatic rings. The van der Waals surface area contributed by atoms with Gasteiger partial charge in [0, 0.05) is 44.5 Å². The van der Waals surface area contributed by atoms with Crippen LogP contribution in [0.4, 0.5) is 5.82 Å². The molecule has 114 valence electrons. The van der Waals surface area contributed by atoms with Gasteiger partial charge in [0.05, 0.1) is 0 Å². The van der Waals surface area contributed by atoms with Gasteiger partial charge in [0.25, 0.3) is 5.91 Å². The molecule has 1 atom stereocenters. The third-order valence-electron chi connectivity index (χ3n) is 3.94. The summed E-state index contributed by atoms with van der Waals surface area (Å²) in [6.45, 7) is 2.62. The molecule has 0 aliphatic carbocycles. The summed E-state index contributed by atoms with van der Waals surface area (Å²) >= 11 is 0. The molecule has 1 aromatic carbocycles. The summed E-state index contributed by atoms with van der Waals surface area (Å²) in [5, 5.41) is 6.18. The van der Waals surface area contributed by atoms with Crippen LogP contribution in [0.3, 0.4) is 0 Å². The molecule has 2 N–H and O–H groups in total. The first kappa shape index (κ1) is 14.5. The normalized spacial score (nSPS) is 18.0. The molecule has 1 amide bonds. The average molecular weight is 296 g/mol. The van der Waals surface area contributed by atoms with Gasteiger partial charge in [0.2, 0.25) is 0 Å². The average Bonchev–Trinajstić information content (AvgIpc) is 2.62. The van der Waals surface area contributed by atoms with Gasteiger partial charge in [0.15, 0.2) is 0 Å². The number of aromatic nitrogens is 1. The van der Waals surface area contributed by atoms with Crippen LogP contribution in [-0.4, -0.2) is 37.6 Å². The maximum atomic E-state index is 11.8. The lowest BCUT2D eigenvalue weighted by atomic mass is 10.0. The number of nitrogens with zero attached hydrogens (tertiary/aromatic N) is 2. The lowest BCUT2D eigenvalue weighted by molar-refractivity contribution is 0.0963. The zero-order chi connectivity index (χ0) is 15.4. The van der Waals surface area contributed by atoms with Crippen LogP contribution < -0.4 is 15.5 Å². The zero-order valence-electron chi connectivity index (χ0n) is 12.6. The Morgan fingerprint density at radius 1 is 1.32 bits per heavy atom. The minimum atomic E-state index is -0.0848. The molecular weight excluding hydrogens is 276 g/mol. The molecule has 2 heterocycles. The fourth-order valence-electron chi connectivity index (χ4n) is 2.74. The van der Waals surface area contributed by atoms with Gasteiger partial charge in [-0.25, -0.2) is 4.98 Å². The van der Waals surface area contributed by atoms with E-state index in [0.29, 0.717) is 5.56 Å². The van der Waals surface area contributed by atoms with E-state index in [1.807, 2.05) is 12.1 Å². The Balaban J connectivity index is 1.79. The summed E-state index contributed by atoms with van der Waals surface area (Å²) in [7, 11) is 1.64. The molecular formula is C17H20N4O. The Kier molecular flexibility index (Phi) is 4.34. The number of carbonyl (C=O) groups is 1. The fraction of sp³-hybridized carbons (Fsp3) is 0.294. The van der Waals surface area contributed by atoms with E-state index in [1.54, 1.807) is 19.3 Å². The van der Waals surface area contributed by atoms with Crippen LogP contribution in [0.25, 0.3) is 0 Å². The standard InChI is InChI=1S/C17H20N4O/c1-18-17(22)14-7-8-20-16(11-14)21-10-9-19-15(12-21)13-5-3-2-4-6-13/h2-8,11,15,19H,9-10,12H2,1H3,(H,18,22). The number of hydrogen-bond donors (Lipinski definition) is 2. The van der Waals surface area contributed by atoms with Crippen molar-refractivity contribution in [3.8, 4) is 0 Å². The summed E-state index contributed by atoms with van der Waals surface area (Å²) in [5.74, 6) is 0.766. The van der Waals surface area contributed by atoms with E-state index in [9.17, 15) is 4.79 Å². The number of nitrogens with one attached hydrogen (secondary N) is 2. The molecule has 5 nitrogen and oxygen atoms in total. The summed E-state index contributed by atoms with van der Waals surface area (Å²) in [5.41, 5.74) is 1.91.